The van der Waals surface area contributed by atoms with E-state index in [0.29, 0.717) is 26.1 Å². The van der Waals surface area contributed by atoms with E-state index in [1.165, 1.54) is 0 Å². The zero-order chi connectivity index (χ0) is 10.7. The molecule has 6 heteroatoms. The highest BCUT2D eigenvalue weighted by Crippen LogP contribution is 2.37. The monoisotopic (exact) mass is 230 g/mol. The second kappa shape index (κ2) is 4.72. The molecule has 1 atom stereocenters. The summed E-state index contributed by atoms with van der Waals surface area (Å²) in [6.07, 6.45) is 1.01. The molecule has 0 aromatic carbocycles. The second-order valence-corrected chi connectivity index (χ2v) is 4.66. The molecule has 1 fully saturated rings. The lowest BCUT2D eigenvalue weighted by molar-refractivity contribution is -0.0330. The van der Waals surface area contributed by atoms with Crippen molar-refractivity contribution in [3.8, 4) is 0 Å². The molecule has 1 saturated heterocycles. The normalized spacial score (nSPS) is 28.3. The van der Waals surface area contributed by atoms with Crippen molar-refractivity contribution in [3.63, 3.8) is 0 Å². The number of thioether (sulfide) groups is 1. The maximum Gasteiger partial charge on any atom is 0.441 e. The van der Waals surface area contributed by atoms with Crippen LogP contribution in [0.15, 0.2) is 0 Å². The predicted molar refractivity (Wildman–Crippen MR) is 48.1 cm³/mol. The average molecular weight is 230 g/mol. The number of hydrogen-bond acceptors (Lipinski definition) is 3. The van der Waals surface area contributed by atoms with Crippen LogP contribution in [0.3, 0.4) is 0 Å². The fourth-order valence-corrected chi connectivity index (χ4v) is 2.20. The number of hydrogen-bond donors (Lipinski definition) is 1. The fraction of sp³-hybridized carbons (Fsp3) is 1.00. The lowest BCUT2D eigenvalue weighted by Gasteiger charge is -2.24. The van der Waals surface area contributed by atoms with Crippen molar-refractivity contribution in [2.45, 2.75) is 18.3 Å². The highest BCUT2D eigenvalue weighted by Gasteiger charge is 2.36. The summed E-state index contributed by atoms with van der Waals surface area (Å²) in [6, 6.07) is 0. The van der Waals surface area contributed by atoms with Gasteiger partial charge in [0.1, 0.15) is 0 Å². The molecule has 0 radical (unpaired) electrons. The Morgan fingerprint density at radius 2 is 2.14 bits per heavy atom. The van der Waals surface area contributed by atoms with Crippen molar-refractivity contribution in [2.24, 2.45) is 5.41 Å². The molecular weight excluding hydrogens is 217 g/mol. The van der Waals surface area contributed by atoms with Gasteiger partial charge in [-0.15, -0.1) is 0 Å². The molecule has 1 aliphatic rings. The summed E-state index contributed by atoms with van der Waals surface area (Å²) in [5, 5.41) is 9.08. The van der Waals surface area contributed by atoms with Crippen LogP contribution in [0, 0.1) is 5.41 Å². The number of aliphatic hydroxyl groups excluding tert-OH is 1. The highest BCUT2D eigenvalue weighted by molar-refractivity contribution is 8.00. The average Bonchev–Trinajstić information content (AvgIpc) is 2.52. The Balaban J connectivity index is 2.28. The van der Waals surface area contributed by atoms with E-state index in [0.717, 1.165) is 0 Å². The van der Waals surface area contributed by atoms with E-state index in [4.69, 9.17) is 9.84 Å². The van der Waals surface area contributed by atoms with Gasteiger partial charge < -0.3 is 9.84 Å². The fourth-order valence-electron chi connectivity index (χ4n) is 1.43. The largest absolute Gasteiger partial charge is 0.441 e. The van der Waals surface area contributed by atoms with Crippen molar-refractivity contribution in [2.75, 3.05) is 25.6 Å². The maximum absolute atomic E-state index is 11.8. The van der Waals surface area contributed by atoms with Gasteiger partial charge in [-0.25, -0.2) is 0 Å². The van der Waals surface area contributed by atoms with Gasteiger partial charge in [-0.1, -0.05) is 11.8 Å². The molecule has 0 aromatic heterocycles. The van der Waals surface area contributed by atoms with Crippen molar-refractivity contribution in [1.29, 1.82) is 0 Å². The van der Waals surface area contributed by atoms with Gasteiger partial charge in [0.25, 0.3) is 0 Å². The van der Waals surface area contributed by atoms with Crippen molar-refractivity contribution in [3.05, 3.63) is 0 Å². The summed E-state index contributed by atoms with van der Waals surface area (Å²) in [6.45, 7) is 0.824. The molecular formula is C8H13F3O2S. The molecule has 1 rings (SSSR count). The Kier molecular flexibility index (Phi) is 4.09. The van der Waals surface area contributed by atoms with E-state index >= 15 is 0 Å². The summed E-state index contributed by atoms with van der Waals surface area (Å²) >= 11 is -0.0323. The quantitative estimate of drug-likeness (QED) is 0.801. The molecule has 0 spiro atoms. The Labute approximate surface area is 84.8 Å². The minimum atomic E-state index is -4.17. The number of alkyl halides is 3. The van der Waals surface area contributed by atoms with E-state index in [1.807, 2.05) is 0 Å². The molecule has 2 nitrogen and oxygen atoms in total. The first-order valence-corrected chi connectivity index (χ1v) is 5.35. The number of halogens is 3. The van der Waals surface area contributed by atoms with Crippen molar-refractivity contribution >= 4 is 11.8 Å². The van der Waals surface area contributed by atoms with Crippen LogP contribution in [0.25, 0.3) is 0 Å². The number of rotatable bonds is 4. The molecule has 0 saturated carbocycles. The van der Waals surface area contributed by atoms with Crippen LogP contribution in [-0.2, 0) is 4.74 Å². The zero-order valence-corrected chi connectivity index (χ0v) is 8.46. The van der Waals surface area contributed by atoms with Crippen LogP contribution in [0.2, 0.25) is 0 Å². The lowest BCUT2D eigenvalue weighted by Crippen LogP contribution is -2.26. The predicted octanol–water partition coefficient (Wildman–Crippen LogP) is 2.03. The third-order valence-corrected chi connectivity index (χ3v) is 3.15. The minimum absolute atomic E-state index is 0.00653. The maximum atomic E-state index is 11.8. The van der Waals surface area contributed by atoms with Gasteiger partial charge >= 0.3 is 5.51 Å². The molecule has 0 amide bonds. The van der Waals surface area contributed by atoms with E-state index in [9.17, 15) is 13.2 Å². The number of ether oxygens (including phenoxy) is 1. The van der Waals surface area contributed by atoms with Gasteiger partial charge in [-0.3, -0.25) is 0 Å². The van der Waals surface area contributed by atoms with Crippen LogP contribution in [0.4, 0.5) is 13.2 Å². The Hall–Kier alpha value is 0.0600. The summed E-state index contributed by atoms with van der Waals surface area (Å²) in [5.74, 6) is -0.00653. The SMILES string of the molecule is OCC1(CCSC(F)(F)F)CCOC1. The lowest BCUT2D eigenvalue weighted by atomic mass is 9.86. The summed E-state index contributed by atoms with van der Waals surface area (Å²) < 4.78 is 40.6. The van der Waals surface area contributed by atoms with Crippen LogP contribution in [-0.4, -0.2) is 36.2 Å². The molecule has 0 aromatic rings. The summed E-state index contributed by atoms with van der Waals surface area (Å²) in [4.78, 5) is 0. The smallest absolute Gasteiger partial charge is 0.396 e. The topological polar surface area (TPSA) is 29.5 Å². The van der Waals surface area contributed by atoms with Gasteiger partial charge in [-0.2, -0.15) is 13.2 Å². The first kappa shape index (κ1) is 12.1. The Morgan fingerprint density at radius 1 is 1.43 bits per heavy atom. The van der Waals surface area contributed by atoms with Crippen molar-refractivity contribution < 1.29 is 23.0 Å². The van der Waals surface area contributed by atoms with Gasteiger partial charge in [0.15, 0.2) is 0 Å². The van der Waals surface area contributed by atoms with Gasteiger partial charge in [0, 0.05) is 17.8 Å². The van der Waals surface area contributed by atoms with Crippen LogP contribution in [0.5, 0.6) is 0 Å². The molecule has 14 heavy (non-hydrogen) atoms. The molecule has 1 aliphatic heterocycles. The van der Waals surface area contributed by atoms with Crippen LogP contribution >= 0.6 is 11.8 Å². The molecule has 0 bridgehead atoms. The Morgan fingerprint density at radius 3 is 2.57 bits per heavy atom. The third kappa shape index (κ3) is 3.67. The molecule has 84 valence electrons. The highest BCUT2D eigenvalue weighted by atomic mass is 32.2. The first-order chi connectivity index (χ1) is 6.47. The first-order valence-electron chi connectivity index (χ1n) is 4.37. The molecule has 1 N–H and O–H groups in total. The minimum Gasteiger partial charge on any atom is -0.396 e. The molecule has 1 heterocycles. The second-order valence-electron chi connectivity index (χ2n) is 3.50. The zero-order valence-electron chi connectivity index (χ0n) is 7.64. The van der Waals surface area contributed by atoms with Crippen LogP contribution in [0.1, 0.15) is 12.8 Å². The van der Waals surface area contributed by atoms with E-state index in [-0.39, 0.29) is 24.1 Å². The summed E-state index contributed by atoms with van der Waals surface area (Å²) in [7, 11) is 0. The van der Waals surface area contributed by atoms with Crippen LogP contribution < -0.4 is 0 Å². The van der Waals surface area contributed by atoms with Gasteiger partial charge in [0.05, 0.1) is 13.2 Å². The Bertz CT molecular complexity index is 178. The summed E-state index contributed by atoms with van der Waals surface area (Å²) in [5.41, 5.74) is -4.60. The standard InChI is InChI=1S/C8H13F3O2S/c9-8(10,11)14-4-2-7(5-12)1-3-13-6-7/h12H,1-6H2. The van der Waals surface area contributed by atoms with Gasteiger partial charge in [-0.05, 0) is 12.8 Å². The number of aliphatic hydroxyl groups is 1. The van der Waals surface area contributed by atoms with E-state index in [1.54, 1.807) is 0 Å². The molecule has 0 aliphatic carbocycles. The van der Waals surface area contributed by atoms with Gasteiger partial charge in [0.2, 0.25) is 0 Å². The third-order valence-electron chi connectivity index (χ3n) is 2.42. The van der Waals surface area contributed by atoms with E-state index in [2.05, 4.69) is 0 Å². The van der Waals surface area contributed by atoms with E-state index < -0.39 is 10.9 Å². The van der Waals surface area contributed by atoms with Crippen molar-refractivity contribution in [1.82, 2.24) is 0 Å². The molecule has 1 unspecified atom stereocenters.